The molecule has 0 aliphatic carbocycles. The number of carbonyl (C=O) groups excluding carboxylic acids is 1. The van der Waals surface area contributed by atoms with E-state index >= 15 is 0 Å². The van der Waals surface area contributed by atoms with Crippen LogP contribution in [-0.4, -0.2) is 71.7 Å². The number of likely N-dealkylation sites (tertiary alicyclic amines) is 1. The summed E-state index contributed by atoms with van der Waals surface area (Å²) in [7, 11) is 0. The smallest absolute Gasteiger partial charge is 0.409 e. The lowest BCUT2D eigenvalue weighted by Crippen LogP contribution is -2.49. The summed E-state index contributed by atoms with van der Waals surface area (Å²) in [6.07, 6.45) is 2.29. The number of carbonyl (C=O) groups is 1. The van der Waals surface area contributed by atoms with Crippen molar-refractivity contribution in [2.75, 3.05) is 50.8 Å². The molecule has 2 aliphatic rings. The maximum atomic E-state index is 12.1. The van der Waals surface area contributed by atoms with Crippen molar-refractivity contribution in [3.8, 4) is 0 Å². The Balaban J connectivity index is 1.57. The van der Waals surface area contributed by atoms with Gasteiger partial charge in [-0.2, -0.15) is 0 Å². The summed E-state index contributed by atoms with van der Waals surface area (Å²) in [6.45, 7) is 14.8. The van der Waals surface area contributed by atoms with E-state index in [1.807, 2.05) is 6.92 Å². The van der Waals surface area contributed by atoms with E-state index in [0.717, 1.165) is 55.1 Å². The maximum absolute atomic E-state index is 12.1. The predicted molar refractivity (Wildman–Crippen MR) is 121 cm³/mol. The van der Waals surface area contributed by atoms with E-state index in [9.17, 15) is 4.79 Å². The molecule has 1 amide bonds. The number of aryl methyl sites for hydroxylation is 2. The molecule has 7 nitrogen and oxygen atoms in total. The summed E-state index contributed by atoms with van der Waals surface area (Å²) < 4.78 is 5.17. The summed E-state index contributed by atoms with van der Waals surface area (Å²) in [5.41, 5.74) is 1.27. The second kappa shape index (κ2) is 9.06. The minimum Gasteiger partial charge on any atom is -0.450 e. The van der Waals surface area contributed by atoms with Gasteiger partial charge in [-0.05, 0) is 58.2 Å². The number of nitrogens with zero attached hydrogens (tertiary/aromatic N) is 5. The first-order valence-electron chi connectivity index (χ1n) is 11.1. The van der Waals surface area contributed by atoms with Gasteiger partial charge in [0.25, 0.3) is 0 Å². The summed E-state index contributed by atoms with van der Waals surface area (Å²) in [5, 5.41) is 1.18. The molecule has 0 radical (unpaired) electrons. The van der Waals surface area contributed by atoms with Crippen LogP contribution in [0.15, 0.2) is 0 Å². The van der Waals surface area contributed by atoms with Gasteiger partial charge in [0.05, 0.1) is 18.5 Å². The van der Waals surface area contributed by atoms with Crippen LogP contribution >= 0.6 is 11.3 Å². The number of fused-ring (bicyclic) bond motifs is 1. The molecule has 0 aromatic carbocycles. The van der Waals surface area contributed by atoms with Crippen LogP contribution in [0.25, 0.3) is 10.2 Å². The lowest BCUT2D eigenvalue weighted by atomic mass is 9.99. The highest BCUT2D eigenvalue weighted by Gasteiger charge is 2.26. The Hall–Kier alpha value is -1.93. The normalized spacial score (nSPS) is 18.9. The minimum absolute atomic E-state index is 0.215. The van der Waals surface area contributed by atoms with Crippen molar-refractivity contribution in [3.05, 3.63) is 16.3 Å². The number of amides is 1. The maximum Gasteiger partial charge on any atom is 0.409 e. The number of ether oxygens (including phenoxy) is 1. The summed E-state index contributed by atoms with van der Waals surface area (Å²) in [4.78, 5) is 31.1. The Morgan fingerprint density at radius 3 is 2.47 bits per heavy atom. The number of hydrogen-bond acceptors (Lipinski definition) is 7. The molecule has 0 saturated carbocycles. The molecule has 0 spiro atoms. The average molecular weight is 432 g/mol. The lowest BCUT2D eigenvalue weighted by Gasteiger charge is -2.35. The molecule has 4 heterocycles. The van der Waals surface area contributed by atoms with E-state index in [1.165, 1.54) is 28.7 Å². The van der Waals surface area contributed by atoms with Gasteiger partial charge >= 0.3 is 6.09 Å². The van der Waals surface area contributed by atoms with Crippen LogP contribution in [0.2, 0.25) is 0 Å². The molecular formula is C22H33N5O2S. The van der Waals surface area contributed by atoms with Crippen LogP contribution in [0.3, 0.4) is 0 Å². The van der Waals surface area contributed by atoms with Gasteiger partial charge < -0.3 is 14.5 Å². The van der Waals surface area contributed by atoms with Gasteiger partial charge in [-0.15, -0.1) is 11.3 Å². The number of hydrogen-bond donors (Lipinski definition) is 0. The van der Waals surface area contributed by atoms with Crippen LogP contribution in [0.4, 0.5) is 10.6 Å². The fourth-order valence-electron chi connectivity index (χ4n) is 4.31. The second-order valence-electron chi connectivity index (χ2n) is 8.56. The first-order valence-corrected chi connectivity index (χ1v) is 11.9. The van der Waals surface area contributed by atoms with Gasteiger partial charge in [-0.1, -0.05) is 6.92 Å². The van der Waals surface area contributed by atoms with Gasteiger partial charge in [-0.25, -0.2) is 14.8 Å². The standard InChI is InChI=1S/C22H33N5O2S/c1-5-29-22(28)27-12-10-26(11-13-27)20-19-16(3)17(4)30-21(19)24-18(23-20)14-25-8-6-15(2)7-9-25/h15H,5-14H2,1-4H3. The van der Waals surface area contributed by atoms with Crippen LogP contribution in [0, 0.1) is 19.8 Å². The average Bonchev–Trinajstić information content (AvgIpc) is 3.03. The Bertz CT molecular complexity index is 899. The molecule has 164 valence electrons. The number of aromatic nitrogens is 2. The third-order valence-corrected chi connectivity index (χ3v) is 7.50. The molecule has 4 rings (SSSR count). The SMILES string of the molecule is CCOC(=O)N1CCN(c2nc(CN3CCC(C)CC3)nc3sc(C)c(C)c23)CC1. The van der Waals surface area contributed by atoms with Crippen LogP contribution in [-0.2, 0) is 11.3 Å². The number of piperazine rings is 1. The molecule has 0 bridgehead atoms. The van der Waals surface area contributed by atoms with Gasteiger partial charge in [0.1, 0.15) is 16.5 Å². The highest BCUT2D eigenvalue weighted by molar-refractivity contribution is 7.18. The zero-order valence-corrected chi connectivity index (χ0v) is 19.4. The van der Waals surface area contributed by atoms with Crippen molar-refractivity contribution in [1.82, 2.24) is 19.8 Å². The monoisotopic (exact) mass is 431 g/mol. The van der Waals surface area contributed by atoms with Crippen molar-refractivity contribution in [1.29, 1.82) is 0 Å². The highest BCUT2D eigenvalue weighted by atomic mass is 32.1. The topological polar surface area (TPSA) is 61.8 Å². The van der Waals surface area contributed by atoms with E-state index in [0.29, 0.717) is 19.7 Å². The minimum atomic E-state index is -0.215. The second-order valence-corrected chi connectivity index (χ2v) is 9.76. The third-order valence-electron chi connectivity index (χ3n) is 6.40. The number of anilines is 1. The van der Waals surface area contributed by atoms with Crippen molar-refractivity contribution in [2.45, 2.75) is 47.1 Å². The largest absolute Gasteiger partial charge is 0.450 e. The molecule has 0 unspecified atom stereocenters. The molecule has 0 atom stereocenters. The van der Waals surface area contributed by atoms with E-state index < -0.39 is 0 Å². The quantitative estimate of drug-likeness (QED) is 0.733. The van der Waals surface area contributed by atoms with Crippen LogP contribution < -0.4 is 4.90 Å². The molecule has 2 aliphatic heterocycles. The first kappa shape index (κ1) is 21.3. The van der Waals surface area contributed by atoms with Crippen molar-refractivity contribution < 1.29 is 9.53 Å². The zero-order valence-electron chi connectivity index (χ0n) is 18.6. The zero-order chi connectivity index (χ0) is 21.3. The molecule has 2 aromatic heterocycles. The Kier molecular flexibility index (Phi) is 6.43. The van der Waals surface area contributed by atoms with Gasteiger partial charge in [0.2, 0.25) is 0 Å². The molecule has 2 fully saturated rings. The molecular weight excluding hydrogens is 398 g/mol. The van der Waals surface area contributed by atoms with Gasteiger partial charge in [-0.3, -0.25) is 4.90 Å². The summed E-state index contributed by atoms with van der Waals surface area (Å²) >= 11 is 1.76. The molecule has 2 saturated heterocycles. The van der Waals surface area contributed by atoms with E-state index in [1.54, 1.807) is 16.2 Å². The predicted octanol–water partition coefficient (Wildman–Crippen LogP) is 3.82. The van der Waals surface area contributed by atoms with Crippen molar-refractivity contribution in [2.24, 2.45) is 5.92 Å². The van der Waals surface area contributed by atoms with Crippen LogP contribution in [0.1, 0.15) is 43.0 Å². The molecule has 2 aromatic rings. The van der Waals surface area contributed by atoms with Crippen molar-refractivity contribution >= 4 is 33.5 Å². The van der Waals surface area contributed by atoms with Gasteiger partial charge in [0, 0.05) is 31.1 Å². The number of rotatable bonds is 4. The fraction of sp³-hybridized carbons (Fsp3) is 0.682. The van der Waals surface area contributed by atoms with E-state index in [-0.39, 0.29) is 6.09 Å². The lowest BCUT2D eigenvalue weighted by molar-refractivity contribution is 0.105. The van der Waals surface area contributed by atoms with Crippen LogP contribution in [0.5, 0.6) is 0 Å². The Labute approximate surface area is 183 Å². The fourth-order valence-corrected chi connectivity index (χ4v) is 5.35. The van der Waals surface area contributed by atoms with Gasteiger partial charge in [0.15, 0.2) is 0 Å². The molecule has 0 N–H and O–H groups in total. The van der Waals surface area contributed by atoms with E-state index in [2.05, 4.69) is 30.6 Å². The summed E-state index contributed by atoms with van der Waals surface area (Å²) in [6, 6.07) is 0. The first-order chi connectivity index (χ1) is 14.5. The Morgan fingerprint density at radius 2 is 1.80 bits per heavy atom. The number of thiophene rings is 1. The van der Waals surface area contributed by atoms with E-state index in [4.69, 9.17) is 14.7 Å². The molecule has 30 heavy (non-hydrogen) atoms. The number of piperidine rings is 1. The third kappa shape index (κ3) is 4.39. The summed E-state index contributed by atoms with van der Waals surface area (Å²) in [5.74, 6) is 2.77. The Morgan fingerprint density at radius 1 is 1.10 bits per heavy atom. The highest BCUT2D eigenvalue weighted by Crippen LogP contribution is 2.35. The van der Waals surface area contributed by atoms with Crippen molar-refractivity contribution in [3.63, 3.8) is 0 Å². The molecule has 8 heteroatoms.